The van der Waals surface area contributed by atoms with Crippen LogP contribution in [0.2, 0.25) is 0 Å². The molecule has 0 bridgehead atoms. The van der Waals surface area contributed by atoms with Gasteiger partial charge in [0.25, 0.3) is 0 Å². The Balaban J connectivity index is 2.41. The van der Waals surface area contributed by atoms with E-state index >= 15 is 0 Å². The molecule has 0 radical (unpaired) electrons. The molecule has 3 aromatic rings. The summed E-state index contributed by atoms with van der Waals surface area (Å²) in [5.41, 5.74) is 11.6. The normalized spacial score (nSPS) is 10.7. The Labute approximate surface area is 119 Å². The highest BCUT2D eigenvalue weighted by atomic mass is 16.6. The fraction of sp³-hybridized carbons (Fsp3) is 0. The number of nitro groups is 1. The number of anilines is 2. The fourth-order valence-corrected chi connectivity index (χ4v) is 2.29. The van der Waals surface area contributed by atoms with E-state index in [0.29, 0.717) is 5.56 Å². The molecule has 4 N–H and O–H groups in total. The van der Waals surface area contributed by atoms with Crippen molar-refractivity contribution in [1.82, 2.24) is 9.97 Å². The number of nitrogens with two attached hydrogens (primary N) is 2. The molecule has 0 amide bonds. The van der Waals surface area contributed by atoms with Crippen LogP contribution in [0.5, 0.6) is 0 Å². The molecule has 1 heterocycles. The van der Waals surface area contributed by atoms with Crippen LogP contribution >= 0.6 is 0 Å². The van der Waals surface area contributed by atoms with Gasteiger partial charge in [-0.2, -0.15) is 4.98 Å². The standard InChI is InChI=1S/C14H11N5O2/c15-13-12(19(20)21)11(17-14(16)18-13)10-7-3-5-8-4-1-2-6-9(8)10/h1-7H,(H4,15,16,17,18). The highest BCUT2D eigenvalue weighted by Crippen LogP contribution is 2.36. The van der Waals surface area contributed by atoms with Crippen LogP contribution in [0, 0.1) is 10.1 Å². The third kappa shape index (κ3) is 2.10. The summed E-state index contributed by atoms with van der Waals surface area (Å²) in [6.07, 6.45) is 0. The van der Waals surface area contributed by atoms with Gasteiger partial charge in [-0.15, -0.1) is 0 Å². The molecule has 0 saturated carbocycles. The van der Waals surface area contributed by atoms with Gasteiger partial charge in [0, 0.05) is 5.56 Å². The third-order valence-corrected chi connectivity index (χ3v) is 3.16. The van der Waals surface area contributed by atoms with E-state index < -0.39 is 4.92 Å². The quantitative estimate of drug-likeness (QED) is 0.549. The van der Waals surface area contributed by atoms with Crippen molar-refractivity contribution in [2.75, 3.05) is 11.5 Å². The lowest BCUT2D eigenvalue weighted by molar-refractivity contribution is -0.383. The first kappa shape index (κ1) is 12.8. The second kappa shape index (κ2) is 4.71. The maximum absolute atomic E-state index is 11.3. The molecular weight excluding hydrogens is 270 g/mol. The molecule has 0 aliphatic rings. The lowest BCUT2D eigenvalue weighted by atomic mass is 10.0. The summed E-state index contributed by atoms with van der Waals surface area (Å²) in [6.45, 7) is 0. The Bertz CT molecular complexity index is 858. The Morgan fingerprint density at radius 3 is 2.48 bits per heavy atom. The number of benzene rings is 2. The van der Waals surface area contributed by atoms with Crippen molar-refractivity contribution >= 4 is 28.2 Å². The Morgan fingerprint density at radius 1 is 1.00 bits per heavy atom. The zero-order valence-electron chi connectivity index (χ0n) is 10.9. The van der Waals surface area contributed by atoms with Crippen molar-refractivity contribution in [3.05, 3.63) is 52.6 Å². The molecule has 7 heteroatoms. The Hall–Kier alpha value is -3.22. The van der Waals surface area contributed by atoms with Crippen LogP contribution in [0.15, 0.2) is 42.5 Å². The summed E-state index contributed by atoms with van der Waals surface area (Å²) < 4.78 is 0. The van der Waals surface area contributed by atoms with Crippen LogP contribution in [0.4, 0.5) is 17.5 Å². The molecule has 0 aliphatic heterocycles. The van der Waals surface area contributed by atoms with Gasteiger partial charge in [0.2, 0.25) is 11.8 Å². The lowest BCUT2D eigenvalue weighted by Gasteiger charge is -2.08. The number of nitrogen functional groups attached to an aromatic ring is 2. The van der Waals surface area contributed by atoms with Crippen molar-refractivity contribution < 1.29 is 4.92 Å². The van der Waals surface area contributed by atoms with Crippen LogP contribution in [0.1, 0.15) is 0 Å². The van der Waals surface area contributed by atoms with Crippen LogP contribution < -0.4 is 11.5 Å². The summed E-state index contributed by atoms with van der Waals surface area (Å²) in [4.78, 5) is 18.4. The van der Waals surface area contributed by atoms with Gasteiger partial charge in [-0.25, -0.2) is 4.98 Å². The van der Waals surface area contributed by atoms with Crippen molar-refractivity contribution in [3.63, 3.8) is 0 Å². The van der Waals surface area contributed by atoms with E-state index in [0.717, 1.165) is 10.8 Å². The minimum Gasteiger partial charge on any atom is -0.378 e. The van der Waals surface area contributed by atoms with Gasteiger partial charge in [-0.05, 0) is 10.8 Å². The molecule has 0 spiro atoms. The summed E-state index contributed by atoms with van der Waals surface area (Å²) in [5.74, 6) is -0.337. The van der Waals surface area contributed by atoms with Gasteiger partial charge < -0.3 is 11.5 Å². The maximum atomic E-state index is 11.3. The topological polar surface area (TPSA) is 121 Å². The minimum absolute atomic E-state index is 0.0963. The summed E-state index contributed by atoms with van der Waals surface area (Å²) in [5, 5.41) is 13.0. The summed E-state index contributed by atoms with van der Waals surface area (Å²) in [7, 11) is 0. The van der Waals surface area contributed by atoms with Gasteiger partial charge in [-0.1, -0.05) is 42.5 Å². The number of hydrogen-bond donors (Lipinski definition) is 2. The highest BCUT2D eigenvalue weighted by Gasteiger charge is 2.24. The van der Waals surface area contributed by atoms with Crippen molar-refractivity contribution in [1.29, 1.82) is 0 Å². The number of aromatic nitrogens is 2. The first-order valence-corrected chi connectivity index (χ1v) is 6.13. The fourth-order valence-electron chi connectivity index (χ4n) is 2.29. The van der Waals surface area contributed by atoms with E-state index in [1.165, 1.54) is 0 Å². The predicted molar refractivity (Wildman–Crippen MR) is 80.5 cm³/mol. The molecule has 0 saturated heterocycles. The van der Waals surface area contributed by atoms with E-state index in [-0.39, 0.29) is 23.1 Å². The maximum Gasteiger partial charge on any atom is 0.337 e. The number of nitrogens with zero attached hydrogens (tertiary/aromatic N) is 3. The molecule has 2 aromatic carbocycles. The zero-order valence-corrected chi connectivity index (χ0v) is 10.9. The minimum atomic E-state index is -0.591. The Kier molecular flexibility index (Phi) is 2.87. The Morgan fingerprint density at radius 2 is 1.71 bits per heavy atom. The SMILES string of the molecule is Nc1nc(N)c([N+](=O)[O-])c(-c2cccc3ccccc23)n1. The largest absolute Gasteiger partial charge is 0.378 e. The molecule has 0 atom stereocenters. The van der Waals surface area contributed by atoms with E-state index in [9.17, 15) is 10.1 Å². The number of fused-ring (bicyclic) bond motifs is 1. The van der Waals surface area contributed by atoms with Crippen LogP contribution in [0.3, 0.4) is 0 Å². The molecule has 0 fully saturated rings. The molecule has 0 aliphatic carbocycles. The molecule has 0 unspecified atom stereocenters. The van der Waals surface area contributed by atoms with Crippen molar-refractivity contribution in [2.24, 2.45) is 0 Å². The molecule has 21 heavy (non-hydrogen) atoms. The first-order chi connectivity index (χ1) is 10.1. The number of rotatable bonds is 2. The van der Waals surface area contributed by atoms with Gasteiger partial charge in [-0.3, -0.25) is 10.1 Å². The smallest absolute Gasteiger partial charge is 0.337 e. The van der Waals surface area contributed by atoms with Crippen LogP contribution in [-0.4, -0.2) is 14.9 Å². The predicted octanol–water partition coefficient (Wildman–Crippen LogP) is 2.37. The average Bonchev–Trinajstić information content (AvgIpc) is 2.45. The summed E-state index contributed by atoms with van der Waals surface area (Å²) >= 11 is 0. The van der Waals surface area contributed by atoms with Gasteiger partial charge >= 0.3 is 5.69 Å². The third-order valence-electron chi connectivity index (χ3n) is 3.16. The second-order valence-electron chi connectivity index (χ2n) is 4.45. The van der Waals surface area contributed by atoms with Crippen LogP contribution in [-0.2, 0) is 0 Å². The summed E-state index contributed by atoms with van der Waals surface area (Å²) in [6, 6.07) is 13.0. The highest BCUT2D eigenvalue weighted by molar-refractivity contribution is 5.98. The molecule has 7 nitrogen and oxygen atoms in total. The first-order valence-electron chi connectivity index (χ1n) is 6.13. The van der Waals surface area contributed by atoms with Crippen molar-refractivity contribution in [3.8, 4) is 11.3 Å². The van der Waals surface area contributed by atoms with E-state index in [1.54, 1.807) is 12.1 Å². The van der Waals surface area contributed by atoms with Crippen molar-refractivity contribution in [2.45, 2.75) is 0 Å². The van der Waals surface area contributed by atoms with E-state index in [4.69, 9.17) is 11.5 Å². The van der Waals surface area contributed by atoms with Gasteiger partial charge in [0.15, 0.2) is 5.69 Å². The second-order valence-corrected chi connectivity index (χ2v) is 4.45. The molecular formula is C14H11N5O2. The monoisotopic (exact) mass is 281 g/mol. The van der Waals surface area contributed by atoms with Gasteiger partial charge in [0.1, 0.15) is 0 Å². The van der Waals surface area contributed by atoms with E-state index in [1.807, 2.05) is 30.3 Å². The average molecular weight is 281 g/mol. The number of hydrogen-bond acceptors (Lipinski definition) is 6. The lowest BCUT2D eigenvalue weighted by Crippen LogP contribution is -2.06. The van der Waals surface area contributed by atoms with Gasteiger partial charge in [0.05, 0.1) is 4.92 Å². The zero-order chi connectivity index (χ0) is 15.0. The molecule has 104 valence electrons. The molecule has 1 aromatic heterocycles. The molecule has 3 rings (SSSR count). The van der Waals surface area contributed by atoms with E-state index in [2.05, 4.69) is 9.97 Å². The van der Waals surface area contributed by atoms with Crippen LogP contribution in [0.25, 0.3) is 22.0 Å².